The van der Waals surface area contributed by atoms with Crippen molar-refractivity contribution in [1.82, 2.24) is 5.32 Å². The molecule has 2 aromatic carbocycles. The van der Waals surface area contributed by atoms with Gasteiger partial charge in [0.25, 0.3) is 0 Å². The average Bonchev–Trinajstić information content (AvgIpc) is 3.24. The number of nitrogens with one attached hydrogen (secondary N) is 1. The van der Waals surface area contributed by atoms with Crippen LogP contribution in [-0.2, 0) is 5.60 Å². The quantitative estimate of drug-likeness (QED) is 0.831. The highest BCUT2D eigenvalue weighted by atomic mass is 19.1. The maximum absolute atomic E-state index is 13.0. The summed E-state index contributed by atoms with van der Waals surface area (Å²) in [5.74, 6) is -0.706. The van der Waals surface area contributed by atoms with Crippen LogP contribution in [-0.4, -0.2) is 17.7 Å². The van der Waals surface area contributed by atoms with E-state index in [2.05, 4.69) is 5.32 Å². The molecule has 98 valence electrons. The zero-order valence-corrected chi connectivity index (χ0v) is 10.1. The van der Waals surface area contributed by atoms with Crippen LogP contribution in [0.3, 0.4) is 0 Å². The molecule has 1 saturated heterocycles. The Morgan fingerprint density at radius 1 is 0.895 bits per heavy atom. The number of aliphatic hydroxyl groups is 1. The van der Waals surface area contributed by atoms with Gasteiger partial charge in [-0.15, -0.1) is 0 Å². The predicted octanol–water partition coefficient (Wildman–Crippen LogP) is 2.17. The Hall–Kier alpha value is -1.78. The molecule has 0 aromatic heterocycles. The molecule has 2 N–H and O–H groups in total. The second kappa shape index (κ2) is 4.40. The molecule has 1 atom stereocenters. The second-order valence-electron chi connectivity index (χ2n) is 4.74. The third-order valence-corrected chi connectivity index (χ3v) is 3.48. The van der Waals surface area contributed by atoms with Crippen molar-refractivity contribution in [3.05, 3.63) is 71.3 Å². The lowest BCUT2D eigenvalue weighted by atomic mass is 9.83. The zero-order valence-electron chi connectivity index (χ0n) is 10.1. The van der Waals surface area contributed by atoms with Crippen LogP contribution in [0.1, 0.15) is 11.1 Å². The fourth-order valence-electron chi connectivity index (χ4n) is 2.33. The molecule has 1 heterocycles. The molecule has 19 heavy (non-hydrogen) atoms. The van der Waals surface area contributed by atoms with Crippen molar-refractivity contribution in [2.75, 3.05) is 6.54 Å². The Labute approximate surface area is 109 Å². The van der Waals surface area contributed by atoms with E-state index in [1.54, 1.807) is 24.3 Å². The number of halogens is 2. The first kappa shape index (κ1) is 12.3. The molecule has 1 aliphatic rings. The first-order valence-electron chi connectivity index (χ1n) is 6.08. The van der Waals surface area contributed by atoms with Crippen LogP contribution in [0, 0.1) is 11.6 Å². The standard InChI is InChI=1S/C15H13F2NO/c16-12-5-1-10(2-6-12)15(19,14-9-18-14)11-3-7-13(17)8-4-11/h1-8,14,18-19H,9H2/t14-/m0/s1. The summed E-state index contributed by atoms with van der Waals surface area (Å²) in [4.78, 5) is 0. The molecule has 0 amide bonds. The van der Waals surface area contributed by atoms with Gasteiger partial charge >= 0.3 is 0 Å². The Balaban J connectivity index is 2.08. The van der Waals surface area contributed by atoms with Gasteiger partial charge in [-0.2, -0.15) is 0 Å². The fourth-order valence-corrected chi connectivity index (χ4v) is 2.33. The molecule has 0 unspecified atom stereocenters. The van der Waals surface area contributed by atoms with E-state index in [4.69, 9.17) is 0 Å². The van der Waals surface area contributed by atoms with E-state index < -0.39 is 5.60 Å². The van der Waals surface area contributed by atoms with E-state index in [0.29, 0.717) is 17.7 Å². The Kier molecular flexibility index (Phi) is 2.84. The monoisotopic (exact) mass is 261 g/mol. The van der Waals surface area contributed by atoms with Crippen molar-refractivity contribution in [2.24, 2.45) is 0 Å². The Bertz CT molecular complexity index is 531. The second-order valence-corrected chi connectivity index (χ2v) is 4.74. The Morgan fingerprint density at radius 3 is 1.58 bits per heavy atom. The van der Waals surface area contributed by atoms with Gasteiger partial charge in [0.2, 0.25) is 0 Å². The summed E-state index contributed by atoms with van der Waals surface area (Å²) in [7, 11) is 0. The van der Waals surface area contributed by atoms with Gasteiger partial charge in [-0.05, 0) is 35.4 Å². The third-order valence-electron chi connectivity index (χ3n) is 3.48. The summed E-state index contributed by atoms with van der Waals surface area (Å²) < 4.78 is 26.0. The van der Waals surface area contributed by atoms with E-state index in [-0.39, 0.29) is 17.7 Å². The van der Waals surface area contributed by atoms with E-state index in [9.17, 15) is 13.9 Å². The number of hydrogen-bond donors (Lipinski definition) is 2. The fraction of sp³-hybridized carbons (Fsp3) is 0.200. The lowest BCUT2D eigenvalue weighted by molar-refractivity contribution is 0.0791. The first-order valence-corrected chi connectivity index (χ1v) is 6.08. The lowest BCUT2D eigenvalue weighted by Gasteiger charge is -2.28. The highest BCUT2D eigenvalue weighted by molar-refractivity contribution is 5.40. The summed E-state index contributed by atoms with van der Waals surface area (Å²) in [6, 6.07) is 11.3. The largest absolute Gasteiger partial charge is 0.379 e. The van der Waals surface area contributed by atoms with Crippen LogP contribution in [0.5, 0.6) is 0 Å². The number of hydrogen-bond acceptors (Lipinski definition) is 2. The van der Waals surface area contributed by atoms with Gasteiger partial charge in [-0.3, -0.25) is 0 Å². The van der Waals surface area contributed by atoms with Gasteiger partial charge in [-0.25, -0.2) is 8.78 Å². The molecule has 1 aliphatic heterocycles. The molecule has 0 aliphatic carbocycles. The van der Waals surface area contributed by atoms with Gasteiger partial charge in [0, 0.05) is 6.54 Å². The van der Waals surface area contributed by atoms with Crippen LogP contribution >= 0.6 is 0 Å². The minimum Gasteiger partial charge on any atom is -0.379 e. The molecule has 0 spiro atoms. The molecule has 1 fully saturated rings. The smallest absolute Gasteiger partial charge is 0.131 e. The van der Waals surface area contributed by atoms with Crippen molar-refractivity contribution in [3.8, 4) is 0 Å². The minimum atomic E-state index is -1.26. The molecular formula is C15H13F2NO. The van der Waals surface area contributed by atoms with Gasteiger partial charge in [-0.1, -0.05) is 24.3 Å². The van der Waals surface area contributed by atoms with Crippen molar-refractivity contribution in [1.29, 1.82) is 0 Å². The molecule has 3 rings (SSSR count). The molecular weight excluding hydrogens is 248 g/mol. The van der Waals surface area contributed by atoms with Crippen molar-refractivity contribution < 1.29 is 13.9 Å². The molecule has 4 heteroatoms. The summed E-state index contributed by atoms with van der Waals surface area (Å²) in [6.07, 6.45) is 0. The number of benzene rings is 2. The highest BCUT2D eigenvalue weighted by Gasteiger charge is 2.46. The Morgan fingerprint density at radius 2 is 1.26 bits per heavy atom. The van der Waals surface area contributed by atoms with Crippen LogP contribution in [0.2, 0.25) is 0 Å². The maximum Gasteiger partial charge on any atom is 0.131 e. The van der Waals surface area contributed by atoms with Crippen LogP contribution in [0.4, 0.5) is 8.78 Å². The molecule has 2 aromatic rings. The summed E-state index contributed by atoms with van der Waals surface area (Å²) in [5.41, 5.74) is -0.0764. The zero-order chi connectivity index (χ0) is 13.5. The molecule has 0 radical (unpaired) electrons. The van der Waals surface area contributed by atoms with E-state index in [0.717, 1.165) is 0 Å². The topological polar surface area (TPSA) is 42.2 Å². The third kappa shape index (κ3) is 2.13. The minimum absolute atomic E-state index is 0.136. The van der Waals surface area contributed by atoms with Gasteiger partial charge in [0.1, 0.15) is 17.2 Å². The maximum atomic E-state index is 13.0. The van der Waals surface area contributed by atoms with Gasteiger partial charge < -0.3 is 10.4 Å². The van der Waals surface area contributed by atoms with E-state index in [1.165, 1.54) is 24.3 Å². The molecule has 2 nitrogen and oxygen atoms in total. The van der Waals surface area contributed by atoms with E-state index in [1.807, 2.05) is 0 Å². The lowest BCUT2D eigenvalue weighted by Crippen LogP contribution is -2.35. The normalized spacial score (nSPS) is 18.4. The first-order chi connectivity index (χ1) is 9.10. The van der Waals surface area contributed by atoms with Crippen LogP contribution in [0.25, 0.3) is 0 Å². The SMILES string of the molecule is OC(c1ccc(F)cc1)(c1ccc(F)cc1)[C@@H]1CN1. The van der Waals surface area contributed by atoms with Gasteiger partial charge in [0.15, 0.2) is 0 Å². The highest BCUT2D eigenvalue weighted by Crippen LogP contribution is 2.36. The van der Waals surface area contributed by atoms with Crippen molar-refractivity contribution in [3.63, 3.8) is 0 Å². The van der Waals surface area contributed by atoms with E-state index >= 15 is 0 Å². The summed E-state index contributed by atoms with van der Waals surface area (Å²) in [6.45, 7) is 0.672. The number of rotatable bonds is 3. The molecule has 0 saturated carbocycles. The predicted molar refractivity (Wildman–Crippen MR) is 67.6 cm³/mol. The summed E-state index contributed by atoms with van der Waals surface area (Å²) >= 11 is 0. The van der Waals surface area contributed by atoms with Crippen LogP contribution < -0.4 is 5.32 Å². The average molecular weight is 261 g/mol. The molecule has 0 bridgehead atoms. The van der Waals surface area contributed by atoms with Crippen molar-refractivity contribution >= 4 is 0 Å². The van der Waals surface area contributed by atoms with Gasteiger partial charge in [0.05, 0.1) is 6.04 Å². The van der Waals surface area contributed by atoms with Crippen molar-refractivity contribution in [2.45, 2.75) is 11.6 Å². The van der Waals surface area contributed by atoms with Crippen LogP contribution in [0.15, 0.2) is 48.5 Å². The summed E-state index contributed by atoms with van der Waals surface area (Å²) in [5, 5.41) is 14.0.